The summed E-state index contributed by atoms with van der Waals surface area (Å²) < 4.78 is 16.8. The number of unbranched alkanes of at least 4 members (excludes halogenated alkanes) is 1. The molecule has 2 rings (SSSR count). The van der Waals surface area contributed by atoms with Gasteiger partial charge in [-0.15, -0.1) is 0 Å². The highest BCUT2D eigenvalue weighted by Gasteiger charge is 2.15. The summed E-state index contributed by atoms with van der Waals surface area (Å²) in [6.07, 6.45) is 2.81. The maximum atomic E-state index is 12.6. The molecule has 0 aliphatic heterocycles. The lowest BCUT2D eigenvalue weighted by Crippen LogP contribution is -2.28. The minimum absolute atomic E-state index is 0.0480. The third-order valence-corrected chi connectivity index (χ3v) is 4.16. The first-order valence-electron chi connectivity index (χ1n) is 9.39. The Hall–Kier alpha value is -2.69. The second-order valence-corrected chi connectivity index (χ2v) is 6.31. The Bertz CT molecular complexity index is 703. The molecule has 2 aromatic carbocycles. The van der Waals surface area contributed by atoms with Crippen LogP contribution < -0.4 is 14.2 Å². The van der Waals surface area contributed by atoms with Crippen molar-refractivity contribution in [2.75, 3.05) is 33.9 Å². The summed E-state index contributed by atoms with van der Waals surface area (Å²) in [5, 5.41) is 0. The highest BCUT2D eigenvalue weighted by atomic mass is 16.5. The van der Waals surface area contributed by atoms with Gasteiger partial charge in [0.25, 0.3) is 5.91 Å². The molecule has 0 aliphatic rings. The molecule has 0 saturated heterocycles. The van der Waals surface area contributed by atoms with Gasteiger partial charge in [-0.2, -0.15) is 0 Å². The molecule has 0 radical (unpaired) electrons. The molecule has 0 fully saturated rings. The molecule has 0 heterocycles. The van der Waals surface area contributed by atoms with E-state index in [1.54, 1.807) is 37.3 Å². The summed E-state index contributed by atoms with van der Waals surface area (Å²) in [4.78, 5) is 14.3. The number of nitrogens with zero attached hydrogens (tertiary/aromatic N) is 1. The summed E-state index contributed by atoms with van der Waals surface area (Å²) >= 11 is 0. The van der Waals surface area contributed by atoms with Crippen LogP contribution in [0.1, 0.15) is 36.5 Å². The Balaban J connectivity index is 1.85. The van der Waals surface area contributed by atoms with Gasteiger partial charge in [0.05, 0.1) is 20.3 Å². The molecule has 146 valence electrons. The first-order valence-corrected chi connectivity index (χ1v) is 9.39. The summed E-state index contributed by atoms with van der Waals surface area (Å²) in [6, 6.07) is 15.0. The van der Waals surface area contributed by atoms with Crippen molar-refractivity contribution >= 4 is 5.91 Å². The normalized spacial score (nSPS) is 10.3. The second-order valence-electron chi connectivity index (χ2n) is 6.31. The minimum Gasteiger partial charge on any atom is -0.494 e. The Morgan fingerprint density at radius 3 is 2.41 bits per heavy atom. The molecule has 0 atom stereocenters. The van der Waals surface area contributed by atoms with Gasteiger partial charge in [0.1, 0.15) is 5.75 Å². The van der Waals surface area contributed by atoms with Crippen LogP contribution in [0.2, 0.25) is 0 Å². The zero-order valence-corrected chi connectivity index (χ0v) is 16.4. The number of methoxy groups -OCH3 is 1. The zero-order valence-electron chi connectivity index (χ0n) is 16.4. The van der Waals surface area contributed by atoms with Gasteiger partial charge in [-0.1, -0.05) is 31.5 Å². The van der Waals surface area contributed by atoms with Crippen LogP contribution in [0.25, 0.3) is 0 Å². The fraction of sp³-hybridized carbons (Fsp3) is 0.409. The Morgan fingerprint density at radius 1 is 0.963 bits per heavy atom. The average Bonchev–Trinajstić information content (AvgIpc) is 2.71. The quantitative estimate of drug-likeness (QED) is 0.549. The molecular formula is C22H29NO4. The number of amides is 1. The monoisotopic (exact) mass is 371 g/mol. The van der Waals surface area contributed by atoms with Crippen molar-refractivity contribution in [1.29, 1.82) is 0 Å². The van der Waals surface area contributed by atoms with E-state index < -0.39 is 0 Å². The van der Waals surface area contributed by atoms with E-state index in [1.165, 1.54) is 0 Å². The van der Waals surface area contributed by atoms with Gasteiger partial charge in [0.2, 0.25) is 0 Å². The van der Waals surface area contributed by atoms with Crippen molar-refractivity contribution in [3.8, 4) is 17.2 Å². The largest absolute Gasteiger partial charge is 0.494 e. The molecule has 2 aromatic rings. The SMILES string of the molecule is CCCCOc1ccc(C(=O)N(C)CCCOc2ccccc2)cc1OC. The standard InChI is InChI=1S/C22H29NO4/c1-4-5-15-27-20-13-12-18(17-21(20)25-3)22(24)23(2)14-9-16-26-19-10-7-6-8-11-19/h6-8,10-13,17H,4-5,9,14-16H2,1-3H3. The van der Waals surface area contributed by atoms with Crippen molar-refractivity contribution in [3.63, 3.8) is 0 Å². The predicted octanol–water partition coefficient (Wildman–Crippen LogP) is 4.42. The van der Waals surface area contributed by atoms with Gasteiger partial charge < -0.3 is 19.1 Å². The third kappa shape index (κ3) is 6.51. The molecule has 5 nitrogen and oxygen atoms in total. The number of benzene rings is 2. The maximum Gasteiger partial charge on any atom is 0.253 e. The molecule has 0 unspecified atom stereocenters. The van der Waals surface area contributed by atoms with E-state index in [0.29, 0.717) is 36.8 Å². The number of rotatable bonds is 11. The van der Waals surface area contributed by atoms with Crippen molar-refractivity contribution in [2.24, 2.45) is 0 Å². The number of hydrogen-bond acceptors (Lipinski definition) is 4. The Labute approximate surface area is 161 Å². The summed E-state index contributed by atoms with van der Waals surface area (Å²) in [6.45, 7) is 3.93. The first kappa shape index (κ1) is 20.6. The lowest BCUT2D eigenvalue weighted by molar-refractivity contribution is 0.0787. The fourth-order valence-corrected chi connectivity index (χ4v) is 2.58. The minimum atomic E-state index is -0.0480. The molecule has 0 aromatic heterocycles. The van der Waals surface area contributed by atoms with Gasteiger partial charge in [0.15, 0.2) is 11.5 Å². The molecule has 27 heavy (non-hydrogen) atoms. The van der Waals surface area contributed by atoms with Crippen molar-refractivity contribution in [2.45, 2.75) is 26.2 Å². The van der Waals surface area contributed by atoms with Gasteiger partial charge in [-0.05, 0) is 43.2 Å². The number of carbonyl (C=O) groups excluding carboxylic acids is 1. The van der Waals surface area contributed by atoms with Crippen LogP contribution in [-0.2, 0) is 0 Å². The van der Waals surface area contributed by atoms with Crippen LogP contribution in [0.5, 0.6) is 17.2 Å². The molecule has 0 saturated carbocycles. The van der Waals surface area contributed by atoms with Crippen molar-refractivity contribution in [3.05, 3.63) is 54.1 Å². The van der Waals surface area contributed by atoms with Crippen LogP contribution in [0, 0.1) is 0 Å². The van der Waals surface area contributed by atoms with E-state index >= 15 is 0 Å². The highest BCUT2D eigenvalue weighted by Crippen LogP contribution is 2.28. The van der Waals surface area contributed by atoms with Gasteiger partial charge in [-0.25, -0.2) is 0 Å². The van der Waals surface area contributed by atoms with E-state index in [9.17, 15) is 4.79 Å². The van der Waals surface area contributed by atoms with Crippen LogP contribution in [0.4, 0.5) is 0 Å². The van der Waals surface area contributed by atoms with E-state index in [0.717, 1.165) is 25.0 Å². The second kappa shape index (κ2) is 11.1. The van der Waals surface area contributed by atoms with E-state index in [2.05, 4.69) is 6.92 Å². The first-order chi connectivity index (χ1) is 13.2. The summed E-state index contributed by atoms with van der Waals surface area (Å²) in [5.41, 5.74) is 0.584. The van der Waals surface area contributed by atoms with E-state index in [-0.39, 0.29) is 5.91 Å². The van der Waals surface area contributed by atoms with Gasteiger partial charge in [-0.3, -0.25) is 4.79 Å². The average molecular weight is 371 g/mol. The molecular weight excluding hydrogens is 342 g/mol. The summed E-state index contributed by atoms with van der Waals surface area (Å²) in [7, 11) is 3.38. The van der Waals surface area contributed by atoms with Crippen LogP contribution in [-0.4, -0.2) is 44.7 Å². The summed E-state index contributed by atoms with van der Waals surface area (Å²) in [5.74, 6) is 2.04. The molecule has 5 heteroatoms. The van der Waals surface area contributed by atoms with Crippen LogP contribution >= 0.6 is 0 Å². The van der Waals surface area contributed by atoms with Gasteiger partial charge >= 0.3 is 0 Å². The topological polar surface area (TPSA) is 48.0 Å². The molecule has 0 aliphatic carbocycles. The number of hydrogen-bond donors (Lipinski definition) is 0. The predicted molar refractivity (Wildman–Crippen MR) is 107 cm³/mol. The Morgan fingerprint density at radius 2 is 1.70 bits per heavy atom. The van der Waals surface area contributed by atoms with Crippen molar-refractivity contribution in [1.82, 2.24) is 4.90 Å². The fourth-order valence-electron chi connectivity index (χ4n) is 2.58. The lowest BCUT2D eigenvalue weighted by Gasteiger charge is -2.18. The van der Waals surface area contributed by atoms with Crippen molar-refractivity contribution < 1.29 is 19.0 Å². The number of para-hydroxylation sites is 1. The molecule has 0 bridgehead atoms. The number of ether oxygens (including phenoxy) is 3. The number of carbonyl (C=O) groups is 1. The molecule has 0 N–H and O–H groups in total. The maximum absolute atomic E-state index is 12.6. The molecule has 0 spiro atoms. The van der Waals surface area contributed by atoms with Gasteiger partial charge in [0, 0.05) is 19.2 Å². The highest BCUT2D eigenvalue weighted by molar-refractivity contribution is 5.94. The van der Waals surface area contributed by atoms with E-state index in [4.69, 9.17) is 14.2 Å². The Kier molecular flexibility index (Phi) is 8.49. The zero-order chi connectivity index (χ0) is 19.5. The van der Waals surface area contributed by atoms with Crippen LogP contribution in [0.3, 0.4) is 0 Å². The van der Waals surface area contributed by atoms with Crippen LogP contribution in [0.15, 0.2) is 48.5 Å². The van der Waals surface area contributed by atoms with E-state index in [1.807, 2.05) is 30.3 Å². The third-order valence-electron chi connectivity index (χ3n) is 4.16. The smallest absolute Gasteiger partial charge is 0.253 e. The molecule has 1 amide bonds. The lowest BCUT2D eigenvalue weighted by atomic mass is 10.1.